The molecule has 0 aliphatic carbocycles. The molecule has 6 heteroatoms. The molecule has 0 saturated carbocycles. The van der Waals surface area contributed by atoms with Gasteiger partial charge in [0.15, 0.2) is 0 Å². The van der Waals surface area contributed by atoms with E-state index in [1.54, 1.807) is 0 Å². The van der Waals surface area contributed by atoms with Gasteiger partial charge in [0.2, 0.25) is 17.6 Å². The summed E-state index contributed by atoms with van der Waals surface area (Å²) in [5, 5.41) is 4.02. The highest BCUT2D eigenvalue weighted by atomic mass is 16.5. The molecule has 1 saturated heterocycles. The van der Waals surface area contributed by atoms with Gasteiger partial charge in [-0.05, 0) is 31.0 Å². The Hall–Kier alpha value is -3.15. The van der Waals surface area contributed by atoms with Gasteiger partial charge in [-0.2, -0.15) is 4.98 Å². The third-order valence-corrected chi connectivity index (χ3v) is 5.60. The van der Waals surface area contributed by atoms with Crippen LogP contribution in [0.4, 0.5) is 5.69 Å². The molecule has 1 aliphatic heterocycles. The van der Waals surface area contributed by atoms with Crippen molar-refractivity contribution in [3.63, 3.8) is 0 Å². The van der Waals surface area contributed by atoms with Crippen LogP contribution in [0.3, 0.4) is 0 Å². The minimum absolute atomic E-state index is 0.144. The number of benzene rings is 2. The van der Waals surface area contributed by atoms with E-state index in [0.717, 1.165) is 31.7 Å². The van der Waals surface area contributed by atoms with Crippen LogP contribution in [0.5, 0.6) is 0 Å². The van der Waals surface area contributed by atoms with Gasteiger partial charge in [0.25, 0.3) is 0 Å². The number of nitrogens with zero attached hydrogens (tertiary/aromatic N) is 4. The second-order valence-corrected chi connectivity index (χ2v) is 7.46. The number of amides is 1. The van der Waals surface area contributed by atoms with Crippen molar-refractivity contribution in [3.8, 4) is 11.4 Å². The molecule has 0 atom stereocenters. The second-order valence-electron chi connectivity index (χ2n) is 7.46. The molecule has 4 rings (SSSR count). The molecule has 150 valence electrons. The minimum atomic E-state index is 0.144. The highest BCUT2D eigenvalue weighted by Gasteiger charge is 2.22. The summed E-state index contributed by atoms with van der Waals surface area (Å²) < 4.78 is 5.32. The number of hydrogen-bond acceptors (Lipinski definition) is 5. The highest BCUT2D eigenvalue weighted by Crippen LogP contribution is 2.24. The molecule has 3 aromatic rings. The molecule has 1 amide bonds. The summed E-state index contributed by atoms with van der Waals surface area (Å²) in [4.78, 5) is 21.4. The number of carbonyl (C=O) groups is 1. The molecular formula is C23H26N4O2. The van der Waals surface area contributed by atoms with Crippen molar-refractivity contribution in [1.29, 1.82) is 0 Å². The fourth-order valence-electron chi connectivity index (χ4n) is 3.71. The Morgan fingerprint density at radius 2 is 1.76 bits per heavy atom. The monoisotopic (exact) mass is 390 g/mol. The highest BCUT2D eigenvalue weighted by molar-refractivity contribution is 5.76. The molecule has 2 heterocycles. The zero-order valence-electron chi connectivity index (χ0n) is 17.0. The molecule has 0 spiro atoms. The number of aryl methyl sites for hydroxylation is 2. The third kappa shape index (κ3) is 4.31. The smallest absolute Gasteiger partial charge is 0.227 e. The van der Waals surface area contributed by atoms with Gasteiger partial charge in [-0.3, -0.25) is 4.79 Å². The predicted octanol–water partition coefficient (Wildman–Crippen LogP) is 3.63. The van der Waals surface area contributed by atoms with Crippen molar-refractivity contribution in [3.05, 3.63) is 65.5 Å². The zero-order valence-corrected chi connectivity index (χ0v) is 17.0. The van der Waals surface area contributed by atoms with Gasteiger partial charge in [-0.25, -0.2) is 0 Å². The van der Waals surface area contributed by atoms with Crippen LogP contribution < -0.4 is 4.90 Å². The predicted molar refractivity (Wildman–Crippen MR) is 113 cm³/mol. The van der Waals surface area contributed by atoms with E-state index >= 15 is 0 Å². The van der Waals surface area contributed by atoms with E-state index in [1.807, 2.05) is 35.2 Å². The van der Waals surface area contributed by atoms with Gasteiger partial charge in [-0.1, -0.05) is 47.6 Å². The van der Waals surface area contributed by atoms with Gasteiger partial charge < -0.3 is 14.3 Å². The first-order valence-corrected chi connectivity index (χ1v) is 10.1. The quantitative estimate of drug-likeness (QED) is 0.666. The molecule has 1 fully saturated rings. The van der Waals surface area contributed by atoms with Crippen molar-refractivity contribution >= 4 is 11.6 Å². The lowest BCUT2D eigenvalue weighted by Crippen LogP contribution is -2.49. The molecule has 0 radical (unpaired) electrons. The summed E-state index contributed by atoms with van der Waals surface area (Å²) in [5.41, 5.74) is 4.81. The van der Waals surface area contributed by atoms with E-state index in [-0.39, 0.29) is 5.91 Å². The molecule has 0 bridgehead atoms. The molecule has 1 aromatic heterocycles. The summed E-state index contributed by atoms with van der Waals surface area (Å²) in [6.45, 7) is 7.50. The Morgan fingerprint density at radius 3 is 2.52 bits per heavy atom. The van der Waals surface area contributed by atoms with Crippen LogP contribution in [0, 0.1) is 13.8 Å². The molecule has 1 aliphatic rings. The van der Waals surface area contributed by atoms with Crippen molar-refractivity contribution in [1.82, 2.24) is 15.0 Å². The summed E-state index contributed by atoms with van der Waals surface area (Å²) in [6.07, 6.45) is 0.857. The van der Waals surface area contributed by atoms with Crippen molar-refractivity contribution in [2.45, 2.75) is 26.7 Å². The Labute approximate surface area is 171 Å². The van der Waals surface area contributed by atoms with E-state index in [4.69, 9.17) is 4.52 Å². The lowest BCUT2D eigenvalue weighted by molar-refractivity contribution is -0.131. The molecule has 6 nitrogen and oxygen atoms in total. The normalized spacial score (nSPS) is 14.3. The maximum Gasteiger partial charge on any atom is 0.227 e. The summed E-state index contributed by atoms with van der Waals surface area (Å²) in [7, 11) is 0. The number of rotatable bonds is 5. The number of carbonyl (C=O) groups excluding carboxylic acids is 1. The largest absolute Gasteiger partial charge is 0.368 e. The fourth-order valence-corrected chi connectivity index (χ4v) is 3.71. The third-order valence-electron chi connectivity index (χ3n) is 5.60. The Kier molecular flexibility index (Phi) is 5.60. The van der Waals surface area contributed by atoms with Crippen LogP contribution in [0.1, 0.15) is 23.4 Å². The lowest BCUT2D eigenvalue weighted by Gasteiger charge is -2.37. The van der Waals surface area contributed by atoms with Gasteiger partial charge >= 0.3 is 0 Å². The molecular weight excluding hydrogens is 364 g/mol. The Balaban J connectivity index is 1.29. The maximum absolute atomic E-state index is 12.6. The topological polar surface area (TPSA) is 62.5 Å². The molecule has 0 N–H and O–H groups in total. The van der Waals surface area contributed by atoms with Gasteiger partial charge in [0.1, 0.15) is 0 Å². The number of aromatic nitrogens is 2. The SMILES string of the molecule is Cc1cccc(N2CCN(C(=O)CCc3nc(-c4ccccc4)no3)CC2)c1C. The van der Waals surface area contributed by atoms with Crippen LogP contribution in [0.25, 0.3) is 11.4 Å². The second kappa shape index (κ2) is 8.47. The number of piperazine rings is 1. The van der Waals surface area contributed by atoms with Crippen LogP contribution in [0.15, 0.2) is 53.1 Å². The lowest BCUT2D eigenvalue weighted by atomic mass is 10.1. The van der Waals surface area contributed by atoms with E-state index in [1.165, 1.54) is 16.8 Å². The van der Waals surface area contributed by atoms with Crippen LogP contribution in [-0.4, -0.2) is 47.1 Å². The Bertz CT molecular complexity index is 976. The van der Waals surface area contributed by atoms with E-state index in [9.17, 15) is 4.79 Å². The van der Waals surface area contributed by atoms with Gasteiger partial charge in [-0.15, -0.1) is 0 Å². The van der Waals surface area contributed by atoms with Gasteiger partial charge in [0.05, 0.1) is 0 Å². The van der Waals surface area contributed by atoms with E-state index < -0.39 is 0 Å². The fraction of sp³-hybridized carbons (Fsp3) is 0.348. The first kappa shape index (κ1) is 19.2. The summed E-state index contributed by atoms with van der Waals surface area (Å²) in [5.74, 6) is 1.21. The number of hydrogen-bond donors (Lipinski definition) is 0. The average Bonchev–Trinajstić information content (AvgIpc) is 3.24. The standard InChI is InChI=1S/C23H26N4O2/c1-17-7-6-10-20(18(17)2)26-13-15-27(16-14-26)22(28)12-11-21-24-23(25-29-21)19-8-4-3-5-9-19/h3-10H,11-16H2,1-2H3. The summed E-state index contributed by atoms with van der Waals surface area (Å²) >= 11 is 0. The summed E-state index contributed by atoms with van der Waals surface area (Å²) in [6, 6.07) is 16.1. The minimum Gasteiger partial charge on any atom is -0.368 e. The molecule has 2 aromatic carbocycles. The van der Waals surface area contributed by atoms with E-state index in [0.29, 0.717) is 24.6 Å². The first-order valence-electron chi connectivity index (χ1n) is 10.1. The van der Waals surface area contributed by atoms with Crippen LogP contribution >= 0.6 is 0 Å². The zero-order chi connectivity index (χ0) is 20.2. The molecule has 0 unspecified atom stereocenters. The Morgan fingerprint density at radius 1 is 1.00 bits per heavy atom. The first-order chi connectivity index (χ1) is 14.1. The maximum atomic E-state index is 12.6. The molecule has 29 heavy (non-hydrogen) atoms. The van der Waals surface area contributed by atoms with E-state index in [2.05, 4.69) is 47.1 Å². The van der Waals surface area contributed by atoms with Gasteiger partial charge in [0, 0.05) is 50.3 Å². The van der Waals surface area contributed by atoms with Crippen molar-refractivity contribution < 1.29 is 9.32 Å². The van der Waals surface area contributed by atoms with Crippen molar-refractivity contribution in [2.75, 3.05) is 31.1 Å². The van der Waals surface area contributed by atoms with Crippen molar-refractivity contribution in [2.24, 2.45) is 0 Å². The number of anilines is 1. The average molecular weight is 390 g/mol. The van der Waals surface area contributed by atoms with Crippen LogP contribution in [0.2, 0.25) is 0 Å². The van der Waals surface area contributed by atoms with Crippen LogP contribution in [-0.2, 0) is 11.2 Å².